The van der Waals surface area contributed by atoms with Gasteiger partial charge < -0.3 is 18.9 Å². The number of para-hydroxylation sites is 2. The maximum absolute atomic E-state index is 13.7. The van der Waals surface area contributed by atoms with Crippen molar-refractivity contribution in [2.45, 2.75) is 50.0 Å². The number of rotatable bonds is 10. The van der Waals surface area contributed by atoms with Crippen LogP contribution >= 0.6 is 0 Å². The van der Waals surface area contributed by atoms with Crippen molar-refractivity contribution in [2.24, 2.45) is 0 Å². The van der Waals surface area contributed by atoms with E-state index in [0.717, 1.165) is 18.4 Å². The van der Waals surface area contributed by atoms with Gasteiger partial charge >= 0.3 is 0 Å². The van der Waals surface area contributed by atoms with Crippen LogP contribution in [0.1, 0.15) is 39.2 Å². The minimum Gasteiger partial charge on any atom is -0.493 e. The van der Waals surface area contributed by atoms with Gasteiger partial charge in [0.15, 0.2) is 23.1 Å². The second kappa shape index (κ2) is 12.3. The van der Waals surface area contributed by atoms with Gasteiger partial charge in [0.25, 0.3) is 15.9 Å². The van der Waals surface area contributed by atoms with E-state index in [1.807, 2.05) is 0 Å². The first-order valence-corrected chi connectivity index (χ1v) is 15.1. The zero-order valence-corrected chi connectivity index (χ0v) is 24.8. The molecule has 1 saturated heterocycles. The zero-order chi connectivity index (χ0) is 29.7. The Kier molecular flexibility index (Phi) is 8.60. The lowest BCUT2D eigenvalue weighted by atomic mass is 9.87. The predicted molar refractivity (Wildman–Crippen MR) is 159 cm³/mol. The number of pyridine rings is 1. The summed E-state index contributed by atoms with van der Waals surface area (Å²) in [6, 6.07) is 17.2. The van der Waals surface area contributed by atoms with E-state index in [-0.39, 0.29) is 46.3 Å². The summed E-state index contributed by atoms with van der Waals surface area (Å²) in [5, 5.41) is 0. The Bertz CT molecular complexity index is 1620. The average molecular weight is 591 g/mol. The van der Waals surface area contributed by atoms with Crippen LogP contribution in [0.3, 0.4) is 0 Å². The highest BCUT2D eigenvalue weighted by Crippen LogP contribution is 2.42. The van der Waals surface area contributed by atoms with Crippen LogP contribution in [-0.4, -0.2) is 49.8 Å². The maximum Gasteiger partial charge on any atom is 0.263 e. The molecule has 0 saturated carbocycles. The molecule has 4 aromatic rings. The van der Waals surface area contributed by atoms with Crippen LogP contribution in [0.2, 0.25) is 0 Å². The molecule has 1 atom stereocenters. The van der Waals surface area contributed by atoms with Crippen molar-refractivity contribution in [1.29, 1.82) is 0 Å². The maximum atomic E-state index is 13.7. The number of nitrogens with zero attached hydrogens (tertiary/aromatic N) is 3. The topological polar surface area (TPSA) is 122 Å². The molecule has 1 fully saturated rings. The Balaban J connectivity index is 1.61. The second-order valence-corrected chi connectivity index (χ2v) is 12.5. The van der Waals surface area contributed by atoms with E-state index in [0.29, 0.717) is 23.7 Å². The van der Waals surface area contributed by atoms with Crippen molar-refractivity contribution >= 4 is 15.8 Å². The largest absolute Gasteiger partial charge is 0.493 e. The first-order valence-electron chi connectivity index (χ1n) is 13.6. The highest BCUT2D eigenvalue weighted by atomic mass is 32.2. The van der Waals surface area contributed by atoms with E-state index in [2.05, 4.69) is 40.4 Å². The quantitative estimate of drug-likeness (QED) is 0.237. The van der Waals surface area contributed by atoms with Gasteiger partial charge in [-0.2, -0.15) is 4.98 Å². The Hall–Kier alpha value is -4.22. The third kappa shape index (κ3) is 6.80. The summed E-state index contributed by atoms with van der Waals surface area (Å²) in [6.07, 6.45) is 4.86. The van der Waals surface area contributed by atoms with Crippen molar-refractivity contribution in [2.75, 3.05) is 25.0 Å². The fourth-order valence-electron chi connectivity index (χ4n) is 4.40. The van der Waals surface area contributed by atoms with Crippen LogP contribution in [0.25, 0.3) is 11.4 Å². The van der Waals surface area contributed by atoms with E-state index in [1.165, 1.54) is 7.11 Å². The molecule has 0 aliphatic carbocycles. The number of hydrogen-bond donors (Lipinski definition) is 1. The Morgan fingerprint density at radius 3 is 2.33 bits per heavy atom. The van der Waals surface area contributed by atoms with Gasteiger partial charge in [-0.15, -0.1) is 0 Å². The standard InChI is InChI=1S/C31H34N4O6S/c1-31(2,3)22-11-13-24(14-12-22)42(36,37)35-29-27(41-26-10-6-5-9-25(26)38-4)30(40-20-23-8-7-19-39-23)34-28(33-29)21-15-17-32-18-16-21/h5-6,9-18,23H,7-8,19-20H2,1-4H3,(H,33,34,35). The molecule has 10 nitrogen and oxygen atoms in total. The summed E-state index contributed by atoms with van der Waals surface area (Å²) in [5.74, 6) is 0.951. The van der Waals surface area contributed by atoms with E-state index >= 15 is 0 Å². The van der Waals surface area contributed by atoms with Gasteiger partial charge in [-0.1, -0.05) is 45.0 Å². The lowest BCUT2D eigenvalue weighted by Gasteiger charge is -2.20. The molecule has 1 aliphatic heterocycles. The van der Waals surface area contributed by atoms with E-state index < -0.39 is 10.0 Å². The fraction of sp³-hybridized carbons (Fsp3) is 0.323. The third-order valence-electron chi connectivity index (χ3n) is 6.75. The fourth-order valence-corrected chi connectivity index (χ4v) is 5.41. The highest BCUT2D eigenvalue weighted by molar-refractivity contribution is 7.92. The van der Waals surface area contributed by atoms with Gasteiger partial charge in [0.05, 0.1) is 18.1 Å². The molecule has 3 heterocycles. The van der Waals surface area contributed by atoms with E-state index in [1.54, 1.807) is 73.1 Å². The van der Waals surface area contributed by atoms with E-state index in [9.17, 15) is 8.42 Å². The minimum absolute atomic E-state index is 0.00908. The average Bonchev–Trinajstić information content (AvgIpc) is 3.51. The van der Waals surface area contributed by atoms with Gasteiger partial charge in [-0.25, -0.2) is 13.4 Å². The summed E-state index contributed by atoms with van der Waals surface area (Å²) < 4.78 is 53.6. The molecule has 1 aliphatic rings. The molecular formula is C31H34N4O6S. The summed E-state index contributed by atoms with van der Waals surface area (Å²) in [5.41, 5.74) is 1.49. The number of ether oxygens (including phenoxy) is 4. The van der Waals surface area contributed by atoms with Crippen molar-refractivity contribution in [3.05, 3.63) is 78.6 Å². The minimum atomic E-state index is -4.10. The molecule has 11 heteroatoms. The molecule has 0 amide bonds. The molecule has 2 aromatic carbocycles. The molecular weight excluding hydrogens is 556 g/mol. The lowest BCUT2D eigenvalue weighted by Crippen LogP contribution is -2.19. The number of aromatic nitrogens is 3. The van der Waals surface area contributed by atoms with Crippen molar-refractivity contribution in [3.8, 4) is 34.5 Å². The molecule has 42 heavy (non-hydrogen) atoms. The number of methoxy groups -OCH3 is 1. The first kappa shape index (κ1) is 29.3. The molecule has 5 rings (SSSR count). The normalized spacial score (nSPS) is 15.3. The molecule has 2 aromatic heterocycles. The number of anilines is 1. The summed E-state index contributed by atoms with van der Waals surface area (Å²) in [4.78, 5) is 13.4. The predicted octanol–water partition coefficient (Wildman–Crippen LogP) is 6.00. The van der Waals surface area contributed by atoms with Crippen LogP contribution in [0.4, 0.5) is 5.82 Å². The zero-order valence-electron chi connectivity index (χ0n) is 24.0. The highest BCUT2D eigenvalue weighted by Gasteiger charge is 2.27. The first-order chi connectivity index (χ1) is 20.1. The molecule has 220 valence electrons. The van der Waals surface area contributed by atoms with Crippen LogP contribution < -0.4 is 18.9 Å². The second-order valence-electron chi connectivity index (χ2n) is 10.8. The summed E-state index contributed by atoms with van der Waals surface area (Å²) >= 11 is 0. The van der Waals surface area contributed by atoms with Crippen molar-refractivity contribution in [1.82, 2.24) is 15.0 Å². The van der Waals surface area contributed by atoms with Gasteiger partial charge in [-0.3, -0.25) is 9.71 Å². The molecule has 0 spiro atoms. The lowest BCUT2D eigenvalue weighted by molar-refractivity contribution is 0.0654. The Labute approximate surface area is 246 Å². The Morgan fingerprint density at radius 2 is 1.69 bits per heavy atom. The van der Waals surface area contributed by atoms with Crippen LogP contribution in [0, 0.1) is 0 Å². The van der Waals surface area contributed by atoms with Gasteiger partial charge in [0.2, 0.25) is 5.75 Å². The number of nitrogens with one attached hydrogen (secondary N) is 1. The van der Waals surface area contributed by atoms with Gasteiger partial charge in [-0.05, 0) is 60.2 Å². The third-order valence-corrected chi connectivity index (χ3v) is 8.10. The summed E-state index contributed by atoms with van der Waals surface area (Å²) in [6.45, 7) is 7.06. The van der Waals surface area contributed by atoms with Crippen molar-refractivity contribution < 1.29 is 27.4 Å². The van der Waals surface area contributed by atoms with Gasteiger partial charge in [0, 0.05) is 24.6 Å². The van der Waals surface area contributed by atoms with Crippen LogP contribution in [-0.2, 0) is 20.2 Å². The smallest absolute Gasteiger partial charge is 0.263 e. The van der Waals surface area contributed by atoms with Gasteiger partial charge in [0.1, 0.15) is 6.61 Å². The summed E-state index contributed by atoms with van der Waals surface area (Å²) in [7, 11) is -2.58. The monoisotopic (exact) mass is 590 g/mol. The van der Waals surface area contributed by atoms with Crippen LogP contribution in [0.5, 0.6) is 23.1 Å². The number of sulfonamides is 1. The number of hydrogen-bond acceptors (Lipinski definition) is 9. The van der Waals surface area contributed by atoms with Crippen LogP contribution in [0.15, 0.2) is 78.0 Å². The Morgan fingerprint density at radius 1 is 0.976 bits per heavy atom. The number of benzene rings is 2. The molecule has 0 bridgehead atoms. The molecule has 1 N–H and O–H groups in total. The molecule has 0 radical (unpaired) electrons. The molecule has 1 unspecified atom stereocenters. The van der Waals surface area contributed by atoms with E-state index in [4.69, 9.17) is 18.9 Å². The SMILES string of the molecule is COc1ccccc1Oc1c(NS(=O)(=O)c2ccc(C(C)(C)C)cc2)nc(-c2ccncc2)nc1OCC1CCCO1. The van der Waals surface area contributed by atoms with Crippen molar-refractivity contribution in [3.63, 3.8) is 0 Å².